The first kappa shape index (κ1) is 15.3. The summed E-state index contributed by atoms with van der Waals surface area (Å²) in [6, 6.07) is 12.2. The SMILES string of the molecule is Cc1cc(C)n(CCCNC(=O)CCc2ccccc2)n1. The molecule has 4 nitrogen and oxygen atoms in total. The van der Waals surface area contributed by atoms with E-state index < -0.39 is 0 Å². The van der Waals surface area contributed by atoms with Crippen LogP contribution in [0.1, 0.15) is 29.8 Å². The van der Waals surface area contributed by atoms with E-state index >= 15 is 0 Å². The Bertz CT molecular complexity index is 575. The zero-order valence-electron chi connectivity index (χ0n) is 12.8. The van der Waals surface area contributed by atoms with Crippen LogP contribution in [-0.2, 0) is 17.8 Å². The van der Waals surface area contributed by atoms with Crippen molar-refractivity contribution in [2.24, 2.45) is 0 Å². The number of hydrogen-bond donors (Lipinski definition) is 1. The molecule has 1 amide bonds. The van der Waals surface area contributed by atoms with Gasteiger partial charge in [0.15, 0.2) is 0 Å². The molecule has 0 fully saturated rings. The van der Waals surface area contributed by atoms with E-state index in [1.54, 1.807) is 0 Å². The molecular weight excluding hydrogens is 262 g/mol. The first-order valence-electron chi connectivity index (χ1n) is 7.47. The highest BCUT2D eigenvalue weighted by atomic mass is 16.1. The maximum Gasteiger partial charge on any atom is 0.220 e. The second kappa shape index (κ2) is 7.62. The van der Waals surface area contributed by atoms with Crippen LogP contribution in [0.15, 0.2) is 36.4 Å². The predicted molar refractivity (Wildman–Crippen MR) is 84.1 cm³/mol. The van der Waals surface area contributed by atoms with Crippen LogP contribution >= 0.6 is 0 Å². The molecule has 1 N–H and O–H groups in total. The number of carbonyl (C=O) groups excluding carboxylic acids is 1. The minimum absolute atomic E-state index is 0.118. The van der Waals surface area contributed by atoms with Gasteiger partial charge in [-0.25, -0.2) is 0 Å². The van der Waals surface area contributed by atoms with E-state index in [-0.39, 0.29) is 5.91 Å². The zero-order chi connectivity index (χ0) is 15.1. The summed E-state index contributed by atoms with van der Waals surface area (Å²) in [5.41, 5.74) is 3.41. The third-order valence-corrected chi connectivity index (χ3v) is 3.46. The maximum atomic E-state index is 11.8. The monoisotopic (exact) mass is 285 g/mol. The van der Waals surface area contributed by atoms with E-state index in [2.05, 4.69) is 35.5 Å². The maximum absolute atomic E-state index is 11.8. The second-order valence-electron chi connectivity index (χ2n) is 5.34. The number of aryl methyl sites for hydroxylation is 4. The summed E-state index contributed by atoms with van der Waals surface area (Å²) in [6.07, 6.45) is 2.24. The van der Waals surface area contributed by atoms with Gasteiger partial charge >= 0.3 is 0 Å². The van der Waals surface area contributed by atoms with Gasteiger partial charge in [0.05, 0.1) is 5.69 Å². The summed E-state index contributed by atoms with van der Waals surface area (Å²) in [4.78, 5) is 11.8. The summed E-state index contributed by atoms with van der Waals surface area (Å²) in [5.74, 6) is 0.118. The average molecular weight is 285 g/mol. The Balaban J connectivity index is 1.62. The summed E-state index contributed by atoms with van der Waals surface area (Å²) in [6.45, 7) is 5.60. The van der Waals surface area contributed by atoms with E-state index in [0.717, 1.165) is 25.1 Å². The van der Waals surface area contributed by atoms with Gasteiger partial charge in [0, 0.05) is 25.2 Å². The van der Waals surface area contributed by atoms with E-state index in [4.69, 9.17) is 0 Å². The lowest BCUT2D eigenvalue weighted by atomic mass is 10.1. The van der Waals surface area contributed by atoms with E-state index in [0.29, 0.717) is 13.0 Å². The smallest absolute Gasteiger partial charge is 0.220 e. The van der Waals surface area contributed by atoms with Crippen molar-refractivity contribution in [3.05, 3.63) is 53.3 Å². The molecule has 0 bridgehead atoms. The number of benzene rings is 1. The van der Waals surface area contributed by atoms with Crippen molar-refractivity contribution in [3.8, 4) is 0 Å². The van der Waals surface area contributed by atoms with Gasteiger partial charge < -0.3 is 5.32 Å². The lowest BCUT2D eigenvalue weighted by Gasteiger charge is -2.07. The Hall–Kier alpha value is -2.10. The fraction of sp³-hybridized carbons (Fsp3) is 0.412. The van der Waals surface area contributed by atoms with Crippen molar-refractivity contribution in [1.82, 2.24) is 15.1 Å². The Morgan fingerprint density at radius 2 is 2.00 bits per heavy atom. The molecule has 112 valence electrons. The number of nitrogens with one attached hydrogen (secondary N) is 1. The minimum atomic E-state index is 0.118. The van der Waals surface area contributed by atoms with Crippen molar-refractivity contribution in [2.45, 2.75) is 39.7 Å². The first-order chi connectivity index (χ1) is 10.1. The van der Waals surface area contributed by atoms with E-state index in [1.807, 2.05) is 29.8 Å². The molecule has 21 heavy (non-hydrogen) atoms. The molecule has 4 heteroatoms. The number of nitrogens with zero attached hydrogens (tertiary/aromatic N) is 2. The molecule has 0 aliphatic rings. The standard InChI is InChI=1S/C17H23N3O/c1-14-13-15(2)20(19-14)12-6-11-18-17(21)10-9-16-7-4-3-5-8-16/h3-5,7-8,13H,6,9-12H2,1-2H3,(H,18,21). The van der Waals surface area contributed by atoms with E-state index in [1.165, 1.54) is 11.3 Å². The van der Waals surface area contributed by atoms with Gasteiger partial charge in [-0.2, -0.15) is 5.10 Å². The molecule has 0 atom stereocenters. The number of aromatic nitrogens is 2. The molecule has 2 aromatic rings. The fourth-order valence-corrected chi connectivity index (χ4v) is 2.35. The Morgan fingerprint density at radius 1 is 1.24 bits per heavy atom. The van der Waals surface area contributed by atoms with Gasteiger partial charge in [-0.1, -0.05) is 30.3 Å². The molecule has 0 saturated heterocycles. The van der Waals surface area contributed by atoms with Crippen LogP contribution in [0.3, 0.4) is 0 Å². The molecule has 0 saturated carbocycles. The largest absolute Gasteiger partial charge is 0.356 e. The highest BCUT2D eigenvalue weighted by molar-refractivity contribution is 5.76. The van der Waals surface area contributed by atoms with Crippen molar-refractivity contribution < 1.29 is 4.79 Å². The molecule has 1 heterocycles. The first-order valence-corrected chi connectivity index (χ1v) is 7.47. The van der Waals surface area contributed by atoms with Gasteiger partial charge in [-0.3, -0.25) is 9.48 Å². The van der Waals surface area contributed by atoms with Crippen molar-refractivity contribution in [3.63, 3.8) is 0 Å². The molecule has 0 aliphatic heterocycles. The number of amides is 1. The van der Waals surface area contributed by atoms with Crippen LogP contribution in [0.2, 0.25) is 0 Å². The van der Waals surface area contributed by atoms with Crippen LogP contribution < -0.4 is 5.32 Å². The van der Waals surface area contributed by atoms with Crippen molar-refractivity contribution in [1.29, 1.82) is 0 Å². The lowest BCUT2D eigenvalue weighted by Crippen LogP contribution is -2.25. The fourth-order valence-electron chi connectivity index (χ4n) is 2.35. The van der Waals surface area contributed by atoms with Gasteiger partial charge in [0.1, 0.15) is 0 Å². The summed E-state index contributed by atoms with van der Waals surface area (Å²) in [7, 11) is 0. The van der Waals surface area contributed by atoms with Crippen LogP contribution in [0, 0.1) is 13.8 Å². The minimum Gasteiger partial charge on any atom is -0.356 e. The normalized spacial score (nSPS) is 10.6. The van der Waals surface area contributed by atoms with Gasteiger partial charge in [-0.15, -0.1) is 0 Å². The van der Waals surface area contributed by atoms with Gasteiger partial charge in [0.25, 0.3) is 0 Å². The molecule has 1 aromatic carbocycles. The topological polar surface area (TPSA) is 46.9 Å². The average Bonchev–Trinajstić information content (AvgIpc) is 2.80. The number of hydrogen-bond acceptors (Lipinski definition) is 2. The molecule has 2 rings (SSSR count). The molecule has 1 aromatic heterocycles. The summed E-state index contributed by atoms with van der Waals surface area (Å²) >= 11 is 0. The lowest BCUT2D eigenvalue weighted by molar-refractivity contribution is -0.121. The summed E-state index contributed by atoms with van der Waals surface area (Å²) < 4.78 is 1.99. The van der Waals surface area contributed by atoms with Crippen LogP contribution in [0.4, 0.5) is 0 Å². The Kier molecular flexibility index (Phi) is 5.55. The Labute approximate surface area is 126 Å². The molecule has 0 unspecified atom stereocenters. The highest BCUT2D eigenvalue weighted by Crippen LogP contribution is 2.03. The van der Waals surface area contributed by atoms with Crippen molar-refractivity contribution >= 4 is 5.91 Å². The molecule has 0 spiro atoms. The van der Waals surface area contributed by atoms with Crippen LogP contribution in [0.5, 0.6) is 0 Å². The van der Waals surface area contributed by atoms with Crippen molar-refractivity contribution in [2.75, 3.05) is 6.54 Å². The Morgan fingerprint density at radius 3 is 2.67 bits per heavy atom. The summed E-state index contributed by atoms with van der Waals surface area (Å²) in [5, 5.41) is 7.38. The molecule has 0 radical (unpaired) electrons. The number of rotatable bonds is 7. The molecular formula is C17H23N3O. The molecule has 0 aliphatic carbocycles. The van der Waals surface area contributed by atoms with Gasteiger partial charge in [0.2, 0.25) is 5.91 Å². The van der Waals surface area contributed by atoms with E-state index in [9.17, 15) is 4.79 Å². The van der Waals surface area contributed by atoms with Crippen LogP contribution in [-0.4, -0.2) is 22.2 Å². The third-order valence-electron chi connectivity index (χ3n) is 3.46. The van der Waals surface area contributed by atoms with Crippen LogP contribution in [0.25, 0.3) is 0 Å². The number of carbonyl (C=O) groups is 1. The third kappa shape index (κ3) is 5.06. The predicted octanol–water partition coefficient (Wildman–Crippen LogP) is 2.64. The zero-order valence-corrected chi connectivity index (χ0v) is 12.8. The quantitative estimate of drug-likeness (QED) is 0.795. The van der Waals surface area contributed by atoms with Gasteiger partial charge in [-0.05, 0) is 38.3 Å². The second-order valence-corrected chi connectivity index (χ2v) is 5.34. The highest BCUT2D eigenvalue weighted by Gasteiger charge is 2.03.